The van der Waals surface area contributed by atoms with Crippen LogP contribution in [-0.2, 0) is 78.4 Å². The van der Waals surface area contributed by atoms with Crippen LogP contribution in [0.4, 0.5) is 14.4 Å². The van der Waals surface area contributed by atoms with Crippen molar-refractivity contribution >= 4 is 41.5 Å². The number of amides is 3. The molecule has 754 valence electrons. The summed E-state index contributed by atoms with van der Waals surface area (Å²) in [6.07, 6.45) is 26.9. The van der Waals surface area contributed by atoms with Crippen LogP contribution in [0.5, 0.6) is 29.3 Å². The van der Waals surface area contributed by atoms with Crippen molar-refractivity contribution in [3.05, 3.63) is 185 Å². The number of ether oxygens (including phenoxy) is 16. The van der Waals surface area contributed by atoms with E-state index in [1.165, 1.54) is 89.1 Å². The first-order chi connectivity index (χ1) is 65.1. The number of carbonyl (C=O) groups excluding carboxylic acids is 3. The van der Waals surface area contributed by atoms with Crippen molar-refractivity contribution < 1.29 is 90.2 Å². The van der Waals surface area contributed by atoms with Gasteiger partial charge in [0.2, 0.25) is 23.5 Å². The Morgan fingerprint density at radius 3 is 1.19 bits per heavy atom. The fourth-order valence-corrected chi connectivity index (χ4v) is 15.1. The summed E-state index contributed by atoms with van der Waals surface area (Å²) in [6.45, 7) is 29.5. The lowest BCUT2D eigenvalue weighted by Gasteiger charge is -2.33. The van der Waals surface area contributed by atoms with Gasteiger partial charge < -0.3 is 95.4 Å². The lowest BCUT2D eigenvalue weighted by molar-refractivity contribution is -0.00627. The molecule has 0 aliphatic carbocycles. The Balaban J connectivity index is 0.000000267. The van der Waals surface area contributed by atoms with Crippen molar-refractivity contribution in [2.24, 2.45) is 0 Å². The van der Waals surface area contributed by atoms with Crippen LogP contribution in [0.2, 0.25) is 10.0 Å². The fourth-order valence-electron chi connectivity index (χ4n) is 14.8. The minimum absolute atomic E-state index is 0.159. The maximum Gasteiger partial charge on any atom is 0.410 e. The highest BCUT2D eigenvalue weighted by Gasteiger charge is 2.30. The molecule has 3 amide bonds. The topological polar surface area (TPSA) is 299 Å². The first-order valence-electron chi connectivity index (χ1n) is 46.7. The number of rotatable bonds is 23. The van der Waals surface area contributed by atoms with Gasteiger partial charge in [-0.3, -0.25) is 24.7 Å². The highest BCUT2D eigenvalue weighted by atomic mass is 35.5. The number of benzene rings is 3. The van der Waals surface area contributed by atoms with Gasteiger partial charge >= 0.3 is 18.3 Å². The number of hydrogen-bond donors (Lipinski definition) is 0. The number of piperidine rings is 7. The summed E-state index contributed by atoms with van der Waals surface area (Å²) in [4.78, 5) is 72.8. The molecule has 7 aromatic rings. The van der Waals surface area contributed by atoms with E-state index in [-0.39, 0.29) is 30.5 Å². The average Bonchev–Trinajstić information content (AvgIpc) is 0.764. The molecule has 0 saturated carbocycles. The van der Waals surface area contributed by atoms with Crippen LogP contribution < -0.4 is 23.7 Å². The molecule has 14 rings (SSSR count). The molecular formula is C101H157Cl2N13O19. The van der Waals surface area contributed by atoms with Crippen molar-refractivity contribution in [1.29, 1.82) is 0 Å². The molecule has 3 aromatic carbocycles. The number of halogens is 2. The molecule has 4 aromatic heterocycles. The van der Waals surface area contributed by atoms with Crippen molar-refractivity contribution in [3.8, 4) is 29.3 Å². The zero-order chi connectivity index (χ0) is 98.4. The molecular weight excluding hydrogens is 1770 g/mol. The van der Waals surface area contributed by atoms with E-state index in [9.17, 15) is 14.4 Å². The number of methoxy groups -OCH3 is 12. The van der Waals surface area contributed by atoms with Crippen LogP contribution in [-0.4, -0.2) is 334 Å². The van der Waals surface area contributed by atoms with E-state index in [4.69, 9.17) is 94.3 Å². The third-order valence-corrected chi connectivity index (χ3v) is 23.0. The molecule has 32 nitrogen and oxygen atoms in total. The summed E-state index contributed by atoms with van der Waals surface area (Å²) in [7, 11) is 22.3. The van der Waals surface area contributed by atoms with Crippen LogP contribution in [0.3, 0.4) is 0 Å². The Hall–Kier alpha value is -8.97. The monoisotopic (exact) mass is 1930 g/mol. The minimum Gasteiger partial charge on any atom is -0.495 e. The van der Waals surface area contributed by atoms with Crippen LogP contribution in [0, 0.1) is 0 Å². The summed E-state index contributed by atoms with van der Waals surface area (Å²) in [5, 5.41) is 1.61. The Labute approximate surface area is 814 Å². The summed E-state index contributed by atoms with van der Waals surface area (Å²) in [5.41, 5.74) is 3.96. The van der Waals surface area contributed by atoms with Crippen molar-refractivity contribution in [1.82, 2.24) is 64.2 Å². The van der Waals surface area contributed by atoms with Crippen LogP contribution >= 0.6 is 23.2 Å². The van der Waals surface area contributed by atoms with Gasteiger partial charge in [-0.05, 0) is 229 Å². The van der Waals surface area contributed by atoms with E-state index in [1.807, 2.05) is 120 Å². The molecule has 11 heterocycles. The van der Waals surface area contributed by atoms with Gasteiger partial charge in [-0.1, -0.05) is 77.8 Å². The molecule has 0 radical (unpaired) electrons. The predicted molar refractivity (Wildman–Crippen MR) is 526 cm³/mol. The average molecular weight is 1930 g/mol. The lowest BCUT2D eigenvalue weighted by Crippen LogP contribution is -2.45. The summed E-state index contributed by atoms with van der Waals surface area (Å²) in [6, 6.07) is 36.9. The Morgan fingerprint density at radius 1 is 0.370 bits per heavy atom. The number of likely N-dealkylation sites (tertiary alicyclic amines) is 7. The maximum atomic E-state index is 11.7. The third-order valence-electron chi connectivity index (χ3n) is 22.4. The minimum atomic E-state index is -0.420. The molecule has 7 aliphatic rings. The Bertz CT molecular complexity index is 4100. The van der Waals surface area contributed by atoms with Gasteiger partial charge in [0, 0.05) is 164 Å². The number of carbonyl (C=O) groups is 3. The molecule has 34 heteroatoms. The largest absolute Gasteiger partial charge is 0.495 e. The lowest BCUT2D eigenvalue weighted by atomic mass is 10.1. The molecule has 7 aliphatic heterocycles. The van der Waals surface area contributed by atoms with Gasteiger partial charge in [0.1, 0.15) is 42.8 Å². The smallest absolute Gasteiger partial charge is 0.410 e. The summed E-state index contributed by atoms with van der Waals surface area (Å²) < 4.78 is 83.0. The van der Waals surface area contributed by atoms with E-state index in [0.717, 1.165) is 163 Å². The van der Waals surface area contributed by atoms with Crippen molar-refractivity contribution in [2.45, 2.75) is 212 Å². The molecule has 135 heavy (non-hydrogen) atoms. The van der Waals surface area contributed by atoms with E-state index in [1.54, 1.807) is 130 Å². The van der Waals surface area contributed by atoms with E-state index < -0.39 is 11.2 Å². The zero-order valence-corrected chi connectivity index (χ0v) is 85.4. The van der Waals surface area contributed by atoms with Gasteiger partial charge in [0.25, 0.3) is 0 Å². The van der Waals surface area contributed by atoms with Gasteiger partial charge in [0.05, 0.1) is 109 Å². The van der Waals surface area contributed by atoms with E-state index in [0.29, 0.717) is 80.3 Å². The van der Waals surface area contributed by atoms with E-state index in [2.05, 4.69) is 85.6 Å². The number of pyridine rings is 2. The summed E-state index contributed by atoms with van der Waals surface area (Å²) >= 11 is 11.7. The molecule has 5 unspecified atom stereocenters. The number of nitrogens with zero attached hydrogens (tertiary/aromatic N) is 13. The van der Waals surface area contributed by atoms with Gasteiger partial charge in [-0.15, -0.1) is 0 Å². The quantitative estimate of drug-likeness (QED) is 0.0537. The Morgan fingerprint density at radius 2 is 0.778 bits per heavy atom. The fraction of sp³-hybridized carbons (Fsp3) is 0.614. The first kappa shape index (κ1) is 117. The number of likely N-dealkylation sites (N-methyl/N-ethyl adjacent to an activating group) is 1. The second kappa shape index (κ2) is 68.1. The Kier molecular flexibility index (Phi) is 58.8. The number of hydrogen-bond acceptors (Lipinski definition) is 29. The third kappa shape index (κ3) is 51.9. The molecule has 0 N–H and O–H groups in total. The molecule has 7 fully saturated rings. The SMILES string of the molecule is COC(=O)N1CCCC(OC)C1.COC1CCCN(C(=O)OC(C)(C)C)C1.COC1CCCN(C)C1.COC1CCCN(Cc2ccc(Cl)cc2)C1.COC1CCN(C(=O)OC(C)(C)C)CC1.COC1CCN(Cc2ccc(Cl)cc2)CC1.COCCN1CCCC(OC)C1.COc1cc(OCc2ccccc2)ncn1.COc1cc(OCc2ccncc2)ncn1.COc1cccnc1. The van der Waals surface area contributed by atoms with Crippen LogP contribution in [0.25, 0.3) is 0 Å². The highest BCUT2D eigenvalue weighted by molar-refractivity contribution is 6.30. The molecule has 0 spiro atoms. The standard InChI is InChI=1S/2C13H18ClNO.C12H12N2O2.C11H11N3O2.2C11H21NO3.C9H19NO2.C8H15NO3.C7H15NO.C6H7NO/c1-16-13-6-8-15(9-7-13)10-11-2-4-12(14)5-3-11;1-16-13-3-2-8-15(10-13)9-11-4-6-12(14)7-5-11;1-15-11-7-12(14-9-13-11)16-8-10-5-3-2-4-6-10;1-15-10-6-11(14-8-13-10)16-7-9-2-4-12-5-3-9;1-11(2,3)15-10(13)12-7-5-9(14-4)6-8-12;1-11(2,3)15-10(13)12-7-5-6-9(8-12)14-4;1-11-7-6-10-5-3-4-9(8-10)12-2;1-11-7-4-3-5-9(6-7)8(10)12-2;1-8-5-3-4-7(6-8)9-2;1-8-6-3-2-4-7-5-6/h2-5,13H,6-10H2,1H3;4-7,13H,2-3,8-10H2,1H3;2-7,9H,8H2,1H3;2-6,8H,7H2,1H3;2*9H,5-8H2,1-4H3;9H,3-8H2,1-2H3;7H,3-6H2,1-2H3;7H,3-6H2,1-2H3;2-5H,1H3. The van der Waals surface area contributed by atoms with Crippen molar-refractivity contribution in [2.75, 3.05) is 197 Å². The second-order valence-electron chi connectivity index (χ2n) is 35.1. The number of aromatic nitrogens is 6. The normalized spacial score (nSPS) is 18.8. The van der Waals surface area contributed by atoms with Crippen LogP contribution in [0.15, 0.2) is 153 Å². The maximum absolute atomic E-state index is 11.7. The van der Waals surface area contributed by atoms with Crippen LogP contribution in [0.1, 0.15) is 154 Å². The van der Waals surface area contributed by atoms with Gasteiger partial charge in [-0.2, -0.15) is 0 Å². The zero-order valence-electron chi connectivity index (χ0n) is 83.8. The predicted octanol–water partition coefficient (Wildman–Crippen LogP) is 16.9. The summed E-state index contributed by atoms with van der Waals surface area (Å²) in [5.74, 6) is 2.78. The first-order valence-corrected chi connectivity index (χ1v) is 47.5. The second-order valence-corrected chi connectivity index (χ2v) is 36.0. The van der Waals surface area contributed by atoms with Crippen molar-refractivity contribution in [3.63, 3.8) is 0 Å². The highest BCUT2D eigenvalue weighted by Crippen LogP contribution is 2.25. The van der Waals surface area contributed by atoms with Gasteiger partial charge in [0.15, 0.2) is 0 Å². The molecule has 5 atom stereocenters. The van der Waals surface area contributed by atoms with Gasteiger partial charge in [-0.25, -0.2) is 34.3 Å². The molecule has 7 saturated heterocycles. The van der Waals surface area contributed by atoms with E-state index >= 15 is 0 Å². The molecule has 0 bridgehead atoms.